The molecule has 7 nitrogen and oxygen atoms in total. The molecule has 0 saturated carbocycles. The summed E-state index contributed by atoms with van der Waals surface area (Å²) in [7, 11) is 8.32. The Bertz CT molecular complexity index is 2080. The standard InChI is InChI=1S/C41H41N5O2/c1-45(2)24-28-7-5-9-30(19-28)26-47-35-15-17-37-34(21-35)22-39(42-37)32-11-13-33(14-12-32)41-43-38-18-16-36(23-40(38)44-41)48-27-31-10-6-8-29(20-31)25-46(3)4/h5-21,23H,22,24-27H2,1-4H3,(H,43,44). The van der Waals surface area contributed by atoms with E-state index in [1.807, 2.05) is 24.3 Å². The van der Waals surface area contributed by atoms with Gasteiger partial charge in [0.2, 0.25) is 0 Å². The number of aromatic nitrogens is 2. The molecule has 2 heterocycles. The van der Waals surface area contributed by atoms with Gasteiger partial charge in [0.15, 0.2) is 0 Å². The van der Waals surface area contributed by atoms with Crippen LogP contribution in [0.5, 0.6) is 11.5 Å². The SMILES string of the molecule is CN(C)Cc1cccc(COc2ccc3c(c2)CC(c2ccc(-c4nc5ccc(OCc6cccc(CN(C)C)c6)cc5[nH]4)cc2)=N3)c1. The van der Waals surface area contributed by atoms with E-state index in [2.05, 4.69) is 128 Å². The number of benzene rings is 5. The van der Waals surface area contributed by atoms with Gasteiger partial charge in [0.1, 0.15) is 30.5 Å². The third-order valence-electron chi connectivity index (χ3n) is 8.40. The first-order valence-corrected chi connectivity index (χ1v) is 16.4. The molecule has 0 aliphatic carbocycles. The smallest absolute Gasteiger partial charge is 0.138 e. The maximum absolute atomic E-state index is 6.18. The second-order valence-electron chi connectivity index (χ2n) is 13.1. The topological polar surface area (TPSA) is 66.0 Å². The zero-order chi connectivity index (χ0) is 33.0. The number of aromatic amines is 1. The summed E-state index contributed by atoms with van der Waals surface area (Å²) >= 11 is 0. The number of nitrogens with zero attached hydrogens (tertiary/aromatic N) is 4. The molecule has 0 saturated heterocycles. The van der Waals surface area contributed by atoms with Crippen LogP contribution < -0.4 is 9.47 Å². The van der Waals surface area contributed by atoms with E-state index >= 15 is 0 Å². The lowest BCUT2D eigenvalue weighted by Crippen LogP contribution is -2.10. The second-order valence-corrected chi connectivity index (χ2v) is 13.1. The maximum atomic E-state index is 6.18. The normalized spacial score (nSPS) is 12.5. The molecule has 242 valence electrons. The fourth-order valence-electron chi connectivity index (χ4n) is 6.17. The van der Waals surface area contributed by atoms with Crippen LogP contribution in [0.25, 0.3) is 22.4 Å². The van der Waals surface area contributed by atoms with Crippen LogP contribution in [-0.2, 0) is 32.7 Å². The Labute approximate surface area is 282 Å². The minimum atomic E-state index is 0.517. The highest BCUT2D eigenvalue weighted by Gasteiger charge is 2.18. The fourth-order valence-corrected chi connectivity index (χ4v) is 6.17. The van der Waals surface area contributed by atoms with Crippen molar-refractivity contribution in [1.82, 2.24) is 19.8 Å². The van der Waals surface area contributed by atoms with Crippen LogP contribution in [0.1, 0.15) is 33.4 Å². The third-order valence-corrected chi connectivity index (χ3v) is 8.40. The molecule has 0 radical (unpaired) electrons. The average molecular weight is 636 g/mol. The van der Waals surface area contributed by atoms with Crippen LogP contribution in [0.2, 0.25) is 0 Å². The Morgan fingerprint density at radius 2 is 1.21 bits per heavy atom. The van der Waals surface area contributed by atoms with Crippen LogP contribution >= 0.6 is 0 Å². The van der Waals surface area contributed by atoms with Crippen LogP contribution in [0, 0.1) is 0 Å². The highest BCUT2D eigenvalue weighted by molar-refractivity contribution is 6.06. The van der Waals surface area contributed by atoms with Crippen molar-refractivity contribution in [2.45, 2.75) is 32.7 Å². The predicted octanol–water partition coefficient (Wildman–Crippen LogP) is 8.19. The lowest BCUT2D eigenvalue weighted by molar-refractivity contribution is 0.305. The van der Waals surface area contributed by atoms with E-state index in [1.165, 1.54) is 22.3 Å². The number of imidazole rings is 1. The van der Waals surface area contributed by atoms with Crippen molar-refractivity contribution in [3.63, 3.8) is 0 Å². The summed E-state index contributed by atoms with van der Waals surface area (Å²) in [6.45, 7) is 2.88. The highest BCUT2D eigenvalue weighted by atomic mass is 16.5. The van der Waals surface area contributed by atoms with Gasteiger partial charge in [0.05, 0.1) is 22.4 Å². The molecule has 0 amide bonds. The van der Waals surface area contributed by atoms with Gasteiger partial charge in [-0.3, -0.25) is 4.99 Å². The summed E-state index contributed by atoms with van der Waals surface area (Å²) in [6, 6.07) is 37.8. The van der Waals surface area contributed by atoms with E-state index in [0.717, 1.165) is 76.0 Å². The fraction of sp³-hybridized carbons (Fsp3) is 0.220. The number of hydrogen-bond donors (Lipinski definition) is 1. The molecule has 0 atom stereocenters. The summed E-state index contributed by atoms with van der Waals surface area (Å²) in [4.78, 5) is 17.6. The first-order valence-electron chi connectivity index (χ1n) is 16.4. The summed E-state index contributed by atoms with van der Waals surface area (Å²) in [5.41, 5.74) is 12.1. The lowest BCUT2D eigenvalue weighted by Gasteiger charge is -2.12. The van der Waals surface area contributed by atoms with Crippen molar-refractivity contribution in [2.75, 3.05) is 28.2 Å². The molecule has 1 aliphatic heterocycles. The van der Waals surface area contributed by atoms with Crippen molar-refractivity contribution in [3.8, 4) is 22.9 Å². The van der Waals surface area contributed by atoms with Gasteiger partial charge in [-0.2, -0.15) is 0 Å². The number of fused-ring (bicyclic) bond motifs is 2. The summed E-state index contributed by atoms with van der Waals surface area (Å²) in [5.74, 6) is 2.51. The van der Waals surface area contributed by atoms with Gasteiger partial charge in [0.25, 0.3) is 0 Å². The number of H-pyrrole nitrogens is 1. The minimum Gasteiger partial charge on any atom is -0.489 e. The molecule has 6 aromatic rings. The number of rotatable bonds is 12. The van der Waals surface area contributed by atoms with Gasteiger partial charge >= 0.3 is 0 Å². The first-order chi connectivity index (χ1) is 23.3. The zero-order valence-corrected chi connectivity index (χ0v) is 28.0. The Hall–Kier alpha value is -5.24. The highest BCUT2D eigenvalue weighted by Crippen LogP contribution is 2.33. The predicted molar refractivity (Wildman–Crippen MR) is 194 cm³/mol. The van der Waals surface area contributed by atoms with Crippen molar-refractivity contribution in [3.05, 3.63) is 143 Å². The van der Waals surface area contributed by atoms with Crippen molar-refractivity contribution < 1.29 is 9.47 Å². The van der Waals surface area contributed by atoms with Crippen molar-refractivity contribution >= 4 is 22.4 Å². The van der Waals surface area contributed by atoms with E-state index in [9.17, 15) is 0 Å². The molecular formula is C41H41N5O2. The molecule has 0 fully saturated rings. The Morgan fingerprint density at radius 3 is 1.85 bits per heavy atom. The van der Waals surface area contributed by atoms with Gasteiger partial charge in [-0.05, 0) is 91.9 Å². The molecule has 0 unspecified atom stereocenters. The molecule has 48 heavy (non-hydrogen) atoms. The average Bonchev–Trinajstić information content (AvgIpc) is 3.70. The van der Waals surface area contributed by atoms with Gasteiger partial charge in [-0.15, -0.1) is 0 Å². The minimum absolute atomic E-state index is 0.517. The summed E-state index contributed by atoms with van der Waals surface area (Å²) in [6.07, 6.45) is 0.775. The summed E-state index contributed by atoms with van der Waals surface area (Å²) < 4.78 is 12.3. The maximum Gasteiger partial charge on any atom is 0.138 e. The van der Waals surface area contributed by atoms with Crippen LogP contribution in [0.4, 0.5) is 5.69 Å². The molecule has 7 heteroatoms. The Balaban J connectivity index is 0.973. The third kappa shape index (κ3) is 7.49. The number of aliphatic imine (C=N–C) groups is 1. The number of nitrogens with one attached hydrogen (secondary N) is 1. The number of ether oxygens (including phenoxy) is 2. The first kappa shape index (κ1) is 31.4. The van der Waals surface area contributed by atoms with Gasteiger partial charge in [0, 0.05) is 31.1 Å². The van der Waals surface area contributed by atoms with E-state index in [4.69, 9.17) is 19.5 Å². The molecule has 5 aromatic carbocycles. The zero-order valence-electron chi connectivity index (χ0n) is 28.0. The molecule has 0 spiro atoms. The molecule has 7 rings (SSSR count). The van der Waals surface area contributed by atoms with Crippen LogP contribution in [0.15, 0.2) is 114 Å². The Kier molecular flexibility index (Phi) is 9.05. The lowest BCUT2D eigenvalue weighted by atomic mass is 10.0. The van der Waals surface area contributed by atoms with Crippen LogP contribution in [0.3, 0.4) is 0 Å². The van der Waals surface area contributed by atoms with Gasteiger partial charge in [-0.25, -0.2) is 4.98 Å². The number of hydrogen-bond acceptors (Lipinski definition) is 6. The molecule has 0 bridgehead atoms. The van der Waals surface area contributed by atoms with E-state index in [-0.39, 0.29) is 0 Å². The molecule has 1 aromatic heterocycles. The van der Waals surface area contributed by atoms with E-state index < -0.39 is 0 Å². The van der Waals surface area contributed by atoms with Gasteiger partial charge < -0.3 is 24.3 Å². The largest absolute Gasteiger partial charge is 0.489 e. The Morgan fingerprint density at radius 1 is 0.625 bits per heavy atom. The van der Waals surface area contributed by atoms with Crippen molar-refractivity contribution in [1.29, 1.82) is 0 Å². The quantitative estimate of drug-likeness (QED) is 0.147. The molecule has 1 N–H and O–H groups in total. The summed E-state index contributed by atoms with van der Waals surface area (Å²) in [5, 5.41) is 0. The molecule has 1 aliphatic rings. The molecular weight excluding hydrogens is 594 g/mol. The van der Waals surface area contributed by atoms with E-state index in [1.54, 1.807) is 0 Å². The monoisotopic (exact) mass is 635 g/mol. The van der Waals surface area contributed by atoms with Crippen LogP contribution in [-0.4, -0.2) is 53.7 Å². The van der Waals surface area contributed by atoms with Gasteiger partial charge in [-0.1, -0.05) is 72.8 Å². The second kappa shape index (κ2) is 13.9. The van der Waals surface area contributed by atoms with E-state index in [0.29, 0.717) is 13.2 Å². The van der Waals surface area contributed by atoms with Crippen molar-refractivity contribution in [2.24, 2.45) is 4.99 Å².